The van der Waals surface area contributed by atoms with Gasteiger partial charge in [-0.2, -0.15) is 0 Å². The number of para-hydroxylation sites is 2. The van der Waals surface area contributed by atoms with Gasteiger partial charge >= 0.3 is 5.97 Å². The van der Waals surface area contributed by atoms with E-state index >= 15 is 0 Å². The highest BCUT2D eigenvalue weighted by Crippen LogP contribution is 2.19. The van der Waals surface area contributed by atoms with E-state index in [1.807, 2.05) is 24.3 Å². The van der Waals surface area contributed by atoms with Crippen LogP contribution in [-0.2, 0) is 27.4 Å². The van der Waals surface area contributed by atoms with Crippen molar-refractivity contribution >= 4 is 33.7 Å². The molecule has 0 saturated carbocycles. The maximum Gasteiger partial charge on any atom is 0.326 e. The van der Waals surface area contributed by atoms with Crippen LogP contribution >= 0.6 is 0 Å². The molecule has 1 N–H and O–H groups in total. The second-order valence-corrected chi connectivity index (χ2v) is 7.24. The Morgan fingerprint density at radius 3 is 2.06 bits per heavy atom. The molecule has 0 saturated heterocycles. The quantitative estimate of drug-likeness (QED) is 0.360. The first kappa shape index (κ1) is 21.1. The normalized spacial score (nSPS) is 10.8. The molecule has 4 aromatic rings. The first-order valence-corrected chi connectivity index (χ1v) is 10.1. The van der Waals surface area contributed by atoms with Crippen LogP contribution in [0.2, 0.25) is 0 Å². The topological polar surface area (TPSA) is 86.6 Å². The predicted molar refractivity (Wildman–Crippen MR) is 122 cm³/mol. The molecule has 1 amide bonds. The molecule has 0 atom stereocenters. The van der Waals surface area contributed by atoms with Crippen LogP contribution in [0.4, 0.5) is 0 Å². The van der Waals surface area contributed by atoms with Crippen molar-refractivity contribution in [3.63, 3.8) is 0 Å². The Morgan fingerprint density at radius 2 is 1.47 bits per heavy atom. The molecule has 0 aliphatic carbocycles. The van der Waals surface area contributed by atoms with Gasteiger partial charge in [0.1, 0.15) is 12.3 Å². The third kappa shape index (κ3) is 4.46. The summed E-state index contributed by atoms with van der Waals surface area (Å²) < 4.78 is 12.0. The number of methoxy groups -OCH3 is 1. The van der Waals surface area contributed by atoms with E-state index in [-0.39, 0.29) is 18.6 Å². The molecule has 7 nitrogen and oxygen atoms in total. The molecule has 7 heteroatoms. The smallest absolute Gasteiger partial charge is 0.326 e. The Bertz CT molecular complexity index is 1280. The number of fused-ring (bicyclic) bond motifs is 2. The average Bonchev–Trinajstić information content (AvgIpc) is 2.84. The predicted octanol–water partition coefficient (Wildman–Crippen LogP) is 3.02. The van der Waals surface area contributed by atoms with Crippen LogP contribution in [0.15, 0.2) is 77.6 Å². The van der Waals surface area contributed by atoms with Gasteiger partial charge in [0, 0.05) is 17.3 Å². The van der Waals surface area contributed by atoms with Gasteiger partial charge in [-0.25, -0.2) is 0 Å². The molecule has 162 valence electrons. The van der Waals surface area contributed by atoms with E-state index in [1.165, 1.54) is 0 Å². The maximum absolute atomic E-state index is 12.8. The lowest BCUT2D eigenvalue weighted by Gasteiger charge is -2.14. The van der Waals surface area contributed by atoms with Crippen LogP contribution in [0, 0.1) is 0 Å². The number of rotatable bonds is 7. The molecule has 3 aromatic carbocycles. The summed E-state index contributed by atoms with van der Waals surface area (Å²) in [5.74, 6) is -0.232. The fraction of sp³-hybridized carbons (Fsp3) is 0.160. The number of pyridine rings is 1. The van der Waals surface area contributed by atoms with Gasteiger partial charge in [-0.1, -0.05) is 36.4 Å². The standard InChI is InChI=1S/C25H22N2O5/c1-31-18-12-10-17(11-13-18)14-26-23(28)16-32-24(29)15-27-21-8-4-2-6-19(21)25(30)20-7-3-5-9-22(20)27/h2-13H,14-16H2,1H3,(H,26,28). The highest BCUT2D eigenvalue weighted by Gasteiger charge is 2.14. The average molecular weight is 430 g/mol. The first-order valence-electron chi connectivity index (χ1n) is 10.1. The number of nitrogens with one attached hydrogen (secondary N) is 1. The third-order valence-corrected chi connectivity index (χ3v) is 5.18. The maximum atomic E-state index is 12.8. The summed E-state index contributed by atoms with van der Waals surface area (Å²) in [7, 11) is 1.59. The number of amides is 1. The van der Waals surface area contributed by atoms with Crippen molar-refractivity contribution in [3.05, 3.63) is 88.6 Å². The molecule has 0 bridgehead atoms. The molecule has 32 heavy (non-hydrogen) atoms. The number of nitrogens with zero attached hydrogens (tertiary/aromatic N) is 1. The van der Waals surface area contributed by atoms with Crippen molar-refractivity contribution in [2.45, 2.75) is 13.1 Å². The summed E-state index contributed by atoms with van der Waals surface area (Å²) in [6, 6.07) is 21.5. The monoisotopic (exact) mass is 430 g/mol. The van der Waals surface area contributed by atoms with E-state index in [9.17, 15) is 14.4 Å². The van der Waals surface area contributed by atoms with E-state index < -0.39 is 11.9 Å². The van der Waals surface area contributed by atoms with E-state index in [0.717, 1.165) is 11.3 Å². The second kappa shape index (κ2) is 9.34. The fourth-order valence-corrected chi connectivity index (χ4v) is 3.56. The van der Waals surface area contributed by atoms with E-state index in [4.69, 9.17) is 9.47 Å². The van der Waals surface area contributed by atoms with Gasteiger partial charge in [-0.3, -0.25) is 14.4 Å². The van der Waals surface area contributed by atoms with Crippen LogP contribution in [0.5, 0.6) is 5.75 Å². The minimum Gasteiger partial charge on any atom is -0.497 e. The number of hydrogen-bond donors (Lipinski definition) is 1. The highest BCUT2D eigenvalue weighted by molar-refractivity contribution is 5.94. The number of aromatic nitrogens is 1. The number of carbonyl (C=O) groups excluding carboxylic acids is 2. The van der Waals surface area contributed by atoms with Crippen molar-refractivity contribution in [3.8, 4) is 5.75 Å². The zero-order valence-electron chi connectivity index (χ0n) is 17.5. The Morgan fingerprint density at radius 1 is 0.875 bits per heavy atom. The van der Waals surface area contributed by atoms with E-state index in [2.05, 4.69) is 5.32 Å². The summed E-state index contributed by atoms with van der Waals surface area (Å²) in [4.78, 5) is 37.4. The van der Waals surface area contributed by atoms with E-state index in [0.29, 0.717) is 28.4 Å². The van der Waals surface area contributed by atoms with Crippen molar-refractivity contribution in [1.29, 1.82) is 0 Å². The zero-order chi connectivity index (χ0) is 22.5. The molecular formula is C25H22N2O5. The van der Waals surface area contributed by atoms with E-state index in [1.54, 1.807) is 60.2 Å². The van der Waals surface area contributed by atoms with Crippen LogP contribution in [0.3, 0.4) is 0 Å². The first-order chi connectivity index (χ1) is 15.6. The largest absolute Gasteiger partial charge is 0.497 e. The summed E-state index contributed by atoms with van der Waals surface area (Å²) in [5.41, 5.74) is 2.09. The third-order valence-electron chi connectivity index (χ3n) is 5.18. The Balaban J connectivity index is 1.43. The minimum atomic E-state index is -0.566. The van der Waals surface area contributed by atoms with Gasteiger partial charge in [0.25, 0.3) is 5.91 Å². The summed E-state index contributed by atoms with van der Waals surface area (Å²) in [6.45, 7) is -0.187. The van der Waals surface area contributed by atoms with Crippen LogP contribution < -0.4 is 15.5 Å². The number of benzene rings is 3. The Labute approximate surface area is 184 Å². The molecule has 0 aliphatic rings. The van der Waals surface area contributed by atoms with Crippen molar-refractivity contribution in [1.82, 2.24) is 9.88 Å². The van der Waals surface area contributed by atoms with Gasteiger partial charge in [0.2, 0.25) is 0 Å². The lowest BCUT2D eigenvalue weighted by molar-refractivity contribution is -0.149. The summed E-state index contributed by atoms with van der Waals surface area (Å²) in [5, 5.41) is 3.77. The molecule has 1 heterocycles. The van der Waals surface area contributed by atoms with Gasteiger partial charge in [-0.15, -0.1) is 0 Å². The Hall–Kier alpha value is -4.13. The van der Waals surface area contributed by atoms with Gasteiger partial charge in [0.15, 0.2) is 12.0 Å². The molecule has 1 aromatic heterocycles. The molecule has 0 fully saturated rings. The zero-order valence-corrected chi connectivity index (χ0v) is 17.5. The second-order valence-electron chi connectivity index (χ2n) is 7.24. The van der Waals surface area contributed by atoms with Gasteiger partial charge in [-0.05, 0) is 42.0 Å². The number of carbonyl (C=O) groups is 2. The molecular weight excluding hydrogens is 408 g/mol. The lowest BCUT2D eigenvalue weighted by atomic mass is 10.1. The fourth-order valence-electron chi connectivity index (χ4n) is 3.56. The van der Waals surface area contributed by atoms with Crippen LogP contribution in [-0.4, -0.2) is 30.2 Å². The molecule has 0 radical (unpaired) electrons. The molecule has 0 aliphatic heterocycles. The van der Waals surface area contributed by atoms with Crippen molar-refractivity contribution < 1.29 is 19.1 Å². The number of ether oxygens (including phenoxy) is 2. The van der Waals surface area contributed by atoms with Crippen molar-refractivity contribution in [2.75, 3.05) is 13.7 Å². The van der Waals surface area contributed by atoms with Crippen molar-refractivity contribution in [2.24, 2.45) is 0 Å². The van der Waals surface area contributed by atoms with Crippen LogP contribution in [0.1, 0.15) is 5.56 Å². The molecule has 0 spiro atoms. The lowest BCUT2D eigenvalue weighted by Crippen LogP contribution is -2.29. The highest BCUT2D eigenvalue weighted by atomic mass is 16.5. The Kier molecular flexibility index (Phi) is 6.17. The molecule has 4 rings (SSSR count). The summed E-state index contributed by atoms with van der Waals surface area (Å²) >= 11 is 0. The SMILES string of the molecule is COc1ccc(CNC(=O)COC(=O)Cn2c3ccccc3c(=O)c3ccccc32)cc1. The number of hydrogen-bond acceptors (Lipinski definition) is 5. The van der Waals surface area contributed by atoms with Gasteiger partial charge in [0.05, 0.1) is 18.1 Å². The molecule has 0 unspecified atom stereocenters. The van der Waals surface area contributed by atoms with Gasteiger partial charge < -0.3 is 19.4 Å². The minimum absolute atomic E-state index is 0.0845. The number of esters is 1. The summed E-state index contributed by atoms with van der Waals surface area (Å²) in [6.07, 6.45) is 0. The van der Waals surface area contributed by atoms with Crippen LogP contribution in [0.25, 0.3) is 21.8 Å².